The highest BCUT2D eigenvalue weighted by Crippen LogP contribution is 2.20. The highest BCUT2D eigenvalue weighted by molar-refractivity contribution is 7.09. The van der Waals surface area contributed by atoms with Gasteiger partial charge in [-0.1, -0.05) is 0 Å². The van der Waals surface area contributed by atoms with Gasteiger partial charge in [-0.2, -0.15) is 4.37 Å². The predicted molar refractivity (Wildman–Crippen MR) is 86.5 cm³/mol. The van der Waals surface area contributed by atoms with Gasteiger partial charge in [-0.05, 0) is 37.5 Å². The van der Waals surface area contributed by atoms with Crippen LogP contribution in [0.1, 0.15) is 12.7 Å². The summed E-state index contributed by atoms with van der Waals surface area (Å²) in [5.41, 5.74) is 0.726. The molecule has 0 N–H and O–H groups in total. The number of anilines is 1. The Hall–Kier alpha value is -2.29. The van der Waals surface area contributed by atoms with E-state index in [1.165, 1.54) is 11.5 Å². The van der Waals surface area contributed by atoms with Crippen LogP contribution in [0.4, 0.5) is 10.6 Å². The standard InChI is InChI=1S/C14H18N6O2S/c1-3-22-14(21)20-8-6-19(7-9-20)12-5-4-11(16-17-12)13-15-10(2)18-23-13/h4-5H,3,6-9H2,1-2H3. The Morgan fingerprint density at radius 2 is 2.04 bits per heavy atom. The highest BCUT2D eigenvalue weighted by Gasteiger charge is 2.22. The van der Waals surface area contributed by atoms with Crippen molar-refractivity contribution >= 4 is 23.4 Å². The molecule has 0 bridgehead atoms. The second kappa shape index (κ2) is 6.86. The molecule has 1 fully saturated rings. The van der Waals surface area contributed by atoms with E-state index in [4.69, 9.17) is 4.74 Å². The van der Waals surface area contributed by atoms with Crippen molar-refractivity contribution in [3.8, 4) is 10.7 Å². The van der Waals surface area contributed by atoms with Gasteiger partial charge in [0.15, 0.2) is 10.8 Å². The molecule has 0 atom stereocenters. The van der Waals surface area contributed by atoms with E-state index in [-0.39, 0.29) is 6.09 Å². The number of carbonyl (C=O) groups is 1. The van der Waals surface area contributed by atoms with Crippen LogP contribution in [-0.4, -0.2) is 63.3 Å². The molecule has 2 aromatic rings. The zero-order valence-electron chi connectivity index (χ0n) is 13.1. The lowest BCUT2D eigenvalue weighted by atomic mass is 10.3. The van der Waals surface area contributed by atoms with E-state index in [0.29, 0.717) is 32.8 Å². The topological polar surface area (TPSA) is 84.3 Å². The van der Waals surface area contributed by atoms with E-state index in [1.54, 1.807) is 4.90 Å². The van der Waals surface area contributed by atoms with Crippen LogP contribution in [0.15, 0.2) is 12.1 Å². The zero-order chi connectivity index (χ0) is 16.2. The van der Waals surface area contributed by atoms with E-state index in [2.05, 4.69) is 24.5 Å². The third-order valence-corrected chi connectivity index (χ3v) is 4.36. The third-order valence-electron chi connectivity index (χ3n) is 3.53. The summed E-state index contributed by atoms with van der Waals surface area (Å²) >= 11 is 1.32. The van der Waals surface area contributed by atoms with Gasteiger partial charge < -0.3 is 14.5 Å². The normalized spacial score (nSPS) is 14.9. The summed E-state index contributed by atoms with van der Waals surface area (Å²) in [6.07, 6.45) is -0.250. The smallest absolute Gasteiger partial charge is 0.409 e. The van der Waals surface area contributed by atoms with Crippen LogP contribution in [0.3, 0.4) is 0 Å². The van der Waals surface area contributed by atoms with Crippen LogP contribution in [-0.2, 0) is 4.74 Å². The van der Waals surface area contributed by atoms with Crippen LogP contribution < -0.4 is 4.90 Å². The first kappa shape index (κ1) is 15.6. The SMILES string of the molecule is CCOC(=O)N1CCN(c2ccc(-c3nc(C)ns3)nn2)CC1. The summed E-state index contributed by atoms with van der Waals surface area (Å²) in [6, 6.07) is 3.83. The molecule has 3 heterocycles. The monoisotopic (exact) mass is 334 g/mol. The molecule has 0 aliphatic carbocycles. The van der Waals surface area contributed by atoms with Crippen molar-refractivity contribution in [2.24, 2.45) is 0 Å². The molecule has 9 heteroatoms. The van der Waals surface area contributed by atoms with Crippen LogP contribution in [0.25, 0.3) is 10.7 Å². The van der Waals surface area contributed by atoms with Gasteiger partial charge in [0.2, 0.25) is 0 Å². The van der Waals surface area contributed by atoms with E-state index < -0.39 is 0 Å². The van der Waals surface area contributed by atoms with Crippen molar-refractivity contribution in [3.05, 3.63) is 18.0 Å². The molecule has 8 nitrogen and oxygen atoms in total. The van der Waals surface area contributed by atoms with Gasteiger partial charge in [0.1, 0.15) is 11.5 Å². The maximum absolute atomic E-state index is 11.7. The highest BCUT2D eigenvalue weighted by atomic mass is 32.1. The summed E-state index contributed by atoms with van der Waals surface area (Å²) in [6.45, 7) is 6.73. The Morgan fingerprint density at radius 3 is 2.61 bits per heavy atom. The second-order valence-electron chi connectivity index (χ2n) is 5.10. The Kier molecular flexibility index (Phi) is 4.65. The molecule has 0 unspecified atom stereocenters. The van der Waals surface area contributed by atoms with Crippen molar-refractivity contribution < 1.29 is 9.53 Å². The Morgan fingerprint density at radius 1 is 1.26 bits per heavy atom. The molecule has 122 valence electrons. The van der Waals surface area contributed by atoms with Gasteiger partial charge in [-0.15, -0.1) is 10.2 Å². The van der Waals surface area contributed by atoms with Gasteiger partial charge in [0.05, 0.1) is 6.61 Å². The minimum atomic E-state index is -0.250. The number of piperazine rings is 1. The fourth-order valence-corrected chi connectivity index (χ4v) is 2.98. The van der Waals surface area contributed by atoms with Crippen LogP contribution in [0.2, 0.25) is 0 Å². The zero-order valence-corrected chi connectivity index (χ0v) is 13.9. The molecule has 1 aliphatic heterocycles. The number of hydrogen-bond acceptors (Lipinski definition) is 8. The molecular weight excluding hydrogens is 316 g/mol. The van der Waals surface area contributed by atoms with Gasteiger partial charge in [-0.3, -0.25) is 0 Å². The molecule has 1 amide bonds. The number of hydrogen-bond donors (Lipinski definition) is 0. The van der Waals surface area contributed by atoms with Crippen LogP contribution in [0.5, 0.6) is 0 Å². The molecule has 3 rings (SSSR count). The average molecular weight is 334 g/mol. The quantitative estimate of drug-likeness (QED) is 0.842. The second-order valence-corrected chi connectivity index (χ2v) is 5.85. The fourth-order valence-electron chi connectivity index (χ4n) is 2.34. The maximum atomic E-state index is 11.7. The summed E-state index contributed by atoms with van der Waals surface area (Å²) in [5.74, 6) is 1.55. The van der Waals surface area contributed by atoms with Crippen LogP contribution >= 0.6 is 11.5 Å². The van der Waals surface area contributed by atoms with E-state index in [1.807, 2.05) is 26.0 Å². The Balaban J connectivity index is 1.62. The maximum Gasteiger partial charge on any atom is 0.409 e. The molecule has 0 saturated carbocycles. The summed E-state index contributed by atoms with van der Waals surface area (Å²) in [7, 11) is 0. The van der Waals surface area contributed by atoms with E-state index >= 15 is 0 Å². The summed E-state index contributed by atoms with van der Waals surface area (Å²) < 4.78 is 9.17. The molecule has 1 saturated heterocycles. The summed E-state index contributed by atoms with van der Waals surface area (Å²) in [5, 5.41) is 9.28. The molecule has 0 radical (unpaired) electrons. The lowest BCUT2D eigenvalue weighted by molar-refractivity contribution is 0.105. The van der Waals surface area contributed by atoms with Crippen molar-refractivity contribution in [3.63, 3.8) is 0 Å². The first-order chi connectivity index (χ1) is 11.2. The van der Waals surface area contributed by atoms with Gasteiger partial charge in [-0.25, -0.2) is 9.78 Å². The van der Waals surface area contributed by atoms with Crippen molar-refractivity contribution in [1.29, 1.82) is 0 Å². The number of carbonyl (C=O) groups excluding carboxylic acids is 1. The minimum absolute atomic E-state index is 0.250. The number of amides is 1. The van der Waals surface area contributed by atoms with Crippen LogP contribution in [0, 0.1) is 6.92 Å². The molecular formula is C14H18N6O2S. The van der Waals surface area contributed by atoms with Gasteiger partial charge >= 0.3 is 6.09 Å². The number of aryl methyl sites for hydroxylation is 1. The number of rotatable bonds is 3. The van der Waals surface area contributed by atoms with Crippen molar-refractivity contribution in [2.45, 2.75) is 13.8 Å². The molecule has 1 aliphatic rings. The fraction of sp³-hybridized carbons (Fsp3) is 0.500. The van der Waals surface area contributed by atoms with Crippen molar-refractivity contribution in [1.82, 2.24) is 24.5 Å². The molecule has 23 heavy (non-hydrogen) atoms. The van der Waals surface area contributed by atoms with E-state index in [9.17, 15) is 4.79 Å². The Labute approximate surface area is 138 Å². The number of nitrogens with zero attached hydrogens (tertiary/aromatic N) is 6. The lowest BCUT2D eigenvalue weighted by Crippen LogP contribution is -2.49. The molecule has 0 aromatic carbocycles. The average Bonchev–Trinajstić information content (AvgIpc) is 3.02. The van der Waals surface area contributed by atoms with Crippen molar-refractivity contribution in [2.75, 3.05) is 37.7 Å². The largest absolute Gasteiger partial charge is 0.450 e. The summed E-state index contributed by atoms with van der Waals surface area (Å²) in [4.78, 5) is 19.8. The molecule has 0 spiro atoms. The first-order valence-corrected chi connectivity index (χ1v) is 8.25. The first-order valence-electron chi connectivity index (χ1n) is 7.48. The Bertz CT molecular complexity index is 666. The minimum Gasteiger partial charge on any atom is -0.450 e. The predicted octanol–water partition coefficient (Wildman–Crippen LogP) is 1.58. The lowest BCUT2D eigenvalue weighted by Gasteiger charge is -2.34. The van der Waals surface area contributed by atoms with E-state index in [0.717, 1.165) is 22.3 Å². The third kappa shape index (κ3) is 3.55. The molecule has 2 aromatic heterocycles. The number of ether oxygens (including phenoxy) is 1. The number of aromatic nitrogens is 4. The van der Waals surface area contributed by atoms with Gasteiger partial charge in [0, 0.05) is 26.2 Å². The van der Waals surface area contributed by atoms with Gasteiger partial charge in [0.25, 0.3) is 0 Å².